The Balaban J connectivity index is 2.37. The van der Waals surface area contributed by atoms with Gasteiger partial charge in [-0.2, -0.15) is 0 Å². The van der Waals surface area contributed by atoms with Crippen LogP contribution in [0, 0.1) is 0 Å². The zero-order valence-electron chi connectivity index (χ0n) is 5.22. The molecule has 0 spiro atoms. The van der Waals surface area contributed by atoms with Crippen LogP contribution in [0.2, 0.25) is 0 Å². The van der Waals surface area contributed by atoms with Crippen molar-refractivity contribution in [3.63, 3.8) is 0 Å². The Bertz CT molecular complexity index is 109. The standard InChI is InChI=1S/C6H12N2/c1-5(7)6-3-4-8(6)2/h6H,1,3-4,7H2,2H3/t6-/m1/s1. The van der Waals surface area contributed by atoms with Crippen LogP contribution in [0.1, 0.15) is 6.42 Å². The van der Waals surface area contributed by atoms with Crippen molar-refractivity contribution in [2.24, 2.45) is 5.73 Å². The molecule has 0 aromatic heterocycles. The minimum absolute atomic E-state index is 0.468. The Morgan fingerprint density at radius 3 is 2.50 bits per heavy atom. The molecule has 1 aliphatic rings. The summed E-state index contributed by atoms with van der Waals surface area (Å²) in [5.41, 5.74) is 6.26. The van der Waals surface area contributed by atoms with Crippen molar-refractivity contribution in [2.75, 3.05) is 13.6 Å². The molecular weight excluding hydrogens is 100 g/mol. The van der Waals surface area contributed by atoms with E-state index in [0.717, 1.165) is 5.70 Å². The summed E-state index contributed by atoms with van der Waals surface area (Å²) in [6, 6.07) is 0.468. The topological polar surface area (TPSA) is 29.3 Å². The lowest BCUT2D eigenvalue weighted by atomic mass is 10.0. The molecule has 0 saturated carbocycles. The Hall–Kier alpha value is -0.500. The molecule has 0 unspecified atom stereocenters. The van der Waals surface area contributed by atoms with Crippen molar-refractivity contribution in [3.05, 3.63) is 12.3 Å². The summed E-state index contributed by atoms with van der Waals surface area (Å²) in [5.74, 6) is 0. The Morgan fingerprint density at radius 2 is 2.50 bits per heavy atom. The normalized spacial score (nSPS) is 29.4. The lowest BCUT2D eigenvalue weighted by Crippen LogP contribution is -2.47. The molecule has 1 aliphatic heterocycles. The van der Waals surface area contributed by atoms with Crippen molar-refractivity contribution < 1.29 is 0 Å². The third-order valence-corrected chi connectivity index (χ3v) is 1.72. The number of rotatable bonds is 1. The summed E-state index contributed by atoms with van der Waals surface area (Å²) in [4.78, 5) is 2.20. The SMILES string of the molecule is C=C(N)[C@H]1CCN1C. The molecule has 2 heteroatoms. The molecule has 0 bridgehead atoms. The van der Waals surface area contributed by atoms with Crippen LogP contribution >= 0.6 is 0 Å². The lowest BCUT2D eigenvalue weighted by Gasteiger charge is -2.37. The van der Waals surface area contributed by atoms with Gasteiger partial charge >= 0.3 is 0 Å². The third kappa shape index (κ3) is 0.713. The molecule has 1 fully saturated rings. The van der Waals surface area contributed by atoms with Crippen molar-refractivity contribution in [3.8, 4) is 0 Å². The second kappa shape index (κ2) is 1.78. The summed E-state index contributed by atoms with van der Waals surface area (Å²) >= 11 is 0. The zero-order valence-corrected chi connectivity index (χ0v) is 5.22. The molecule has 2 nitrogen and oxygen atoms in total. The van der Waals surface area contributed by atoms with Gasteiger partial charge in [0, 0.05) is 18.3 Å². The van der Waals surface area contributed by atoms with Crippen LogP contribution < -0.4 is 5.73 Å². The van der Waals surface area contributed by atoms with E-state index in [1.165, 1.54) is 13.0 Å². The molecule has 0 aromatic rings. The maximum atomic E-state index is 5.45. The number of hydrogen-bond acceptors (Lipinski definition) is 2. The van der Waals surface area contributed by atoms with Crippen molar-refractivity contribution in [2.45, 2.75) is 12.5 Å². The third-order valence-electron chi connectivity index (χ3n) is 1.72. The minimum atomic E-state index is 0.468. The number of nitrogens with two attached hydrogens (primary N) is 1. The van der Waals surface area contributed by atoms with E-state index in [4.69, 9.17) is 5.73 Å². The van der Waals surface area contributed by atoms with Gasteiger partial charge in [-0.3, -0.25) is 4.90 Å². The molecule has 1 heterocycles. The van der Waals surface area contributed by atoms with Gasteiger partial charge in [-0.15, -0.1) is 0 Å². The van der Waals surface area contributed by atoms with Gasteiger partial charge in [0.2, 0.25) is 0 Å². The summed E-state index contributed by atoms with van der Waals surface area (Å²) in [6.07, 6.45) is 1.19. The van der Waals surface area contributed by atoms with E-state index in [1.807, 2.05) is 0 Å². The highest BCUT2D eigenvalue weighted by molar-refractivity contribution is 5.05. The van der Waals surface area contributed by atoms with Crippen LogP contribution in [0.3, 0.4) is 0 Å². The first-order chi connectivity index (χ1) is 3.72. The van der Waals surface area contributed by atoms with Gasteiger partial charge in [0.1, 0.15) is 0 Å². The van der Waals surface area contributed by atoms with Gasteiger partial charge in [0.15, 0.2) is 0 Å². The molecule has 0 amide bonds. The molecule has 1 atom stereocenters. The first-order valence-electron chi connectivity index (χ1n) is 2.86. The number of likely N-dealkylation sites (N-methyl/N-ethyl adjacent to an activating group) is 1. The van der Waals surface area contributed by atoms with E-state index >= 15 is 0 Å². The van der Waals surface area contributed by atoms with E-state index in [0.29, 0.717) is 6.04 Å². The molecule has 0 radical (unpaired) electrons. The summed E-state index contributed by atoms with van der Waals surface area (Å²) in [6.45, 7) is 4.83. The first kappa shape index (κ1) is 5.63. The molecule has 1 saturated heterocycles. The lowest BCUT2D eigenvalue weighted by molar-refractivity contribution is 0.155. The first-order valence-corrected chi connectivity index (χ1v) is 2.86. The van der Waals surface area contributed by atoms with Crippen LogP contribution in [0.25, 0.3) is 0 Å². The van der Waals surface area contributed by atoms with Crippen LogP contribution in [-0.2, 0) is 0 Å². The fourth-order valence-electron chi connectivity index (χ4n) is 0.985. The van der Waals surface area contributed by atoms with E-state index in [2.05, 4.69) is 18.5 Å². The smallest absolute Gasteiger partial charge is 0.0496 e. The maximum Gasteiger partial charge on any atom is 0.0496 e. The highest BCUT2D eigenvalue weighted by Gasteiger charge is 2.24. The average Bonchev–Trinajstić information content (AvgIpc) is 1.61. The van der Waals surface area contributed by atoms with Crippen LogP contribution in [-0.4, -0.2) is 24.5 Å². The van der Waals surface area contributed by atoms with E-state index in [-0.39, 0.29) is 0 Å². The molecule has 0 aliphatic carbocycles. The van der Waals surface area contributed by atoms with Crippen LogP contribution in [0.15, 0.2) is 12.3 Å². The molecule has 2 N–H and O–H groups in total. The quantitative estimate of drug-likeness (QED) is 0.523. The van der Waals surface area contributed by atoms with Crippen molar-refractivity contribution in [1.82, 2.24) is 4.90 Å². The van der Waals surface area contributed by atoms with E-state index < -0.39 is 0 Å². The fraction of sp³-hybridized carbons (Fsp3) is 0.667. The molecule has 8 heavy (non-hydrogen) atoms. The molecule has 46 valence electrons. The minimum Gasteiger partial charge on any atom is -0.401 e. The van der Waals surface area contributed by atoms with Gasteiger partial charge in [0.05, 0.1) is 0 Å². The van der Waals surface area contributed by atoms with E-state index in [9.17, 15) is 0 Å². The average molecular weight is 112 g/mol. The number of likely N-dealkylation sites (tertiary alicyclic amines) is 1. The van der Waals surface area contributed by atoms with Gasteiger partial charge in [-0.1, -0.05) is 6.58 Å². The van der Waals surface area contributed by atoms with Gasteiger partial charge in [0.25, 0.3) is 0 Å². The Labute approximate surface area is 50.0 Å². The summed E-state index contributed by atoms with van der Waals surface area (Å²) in [5, 5.41) is 0. The predicted molar refractivity (Wildman–Crippen MR) is 34.4 cm³/mol. The van der Waals surface area contributed by atoms with E-state index in [1.54, 1.807) is 0 Å². The highest BCUT2D eigenvalue weighted by atomic mass is 15.2. The monoisotopic (exact) mass is 112 g/mol. The molecule has 1 rings (SSSR count). The molecular formula is C6H12N2. The predicted octanol–water partition coefficient (Wildman–Crippen LogP) is 0.163. The van der Waals surface area contributed by atoms with Crippen LogP contribution in [0.5, 0.6) is 0 Å². The second-order valence-corrected chi connectivity index (χ2v) is 2.36. The summed E-state index contributed by atoms with van der Waals surface area (Å²) in [7, 11) is 2.06. The van der Waals surface area contributed by atoms with Gasteiger partial charge in [-0.25, -0.2) is 0 Å². The van der Waals surface area contributed by atoms with Crippen molar-refractivity contribution >= 4 is 0 Å². The Kier molecular flexibility index (Phi) is 1.26. The highest BCUT2D eigenvalue weighted by Crippen LogP contribution is 2.17. The second-order valence-electron chi connectivity index (χ2n) is 2.36. The zero-order chi connectivity index (χ0) is 6.15. The van der Waals surface area contributed by atoms with Gasteiger partial charge in [-0.05, 0) is 13.5 Å². The number of hydrogen-bond donors (Lipinski definition) is 1. The summed E-state index contributed by atoms with van der Waals surface area (Å²) < 4.78 is 0. The van der Waals surface area contributed by atoms with Gasteiger partial charge < -0.3 is 5.73 Å². The van der Waals surface area contributed by atoms with Crippen LogP contribution in [0.4, 0.5) is 0 Å². The number of nitrogens with zero attached hydrogens (tertiary/aromatic N) is 1. The molecule has 0 aromatic carbocycles. The Morgan fingerprint density at radius 1 is 1.88 bits per heavy atom. The fourth-order valence-corrected chi connectivity index (χ4v) is 0.985. The largest absolute Gasteiger partial charge is 0.401 e. The maximum absolute atomic E-state index is 5.45. The van der Waals surface area contributed by atoms with Crippen molar-refractivity contribution in [1.29, 1.82) is 0 Å².